The van der Waals surface area contributed by atoms with Crippen LogP contribution < -0.4 is 10.9 Å². The zero-order chi connectivity index (χ0) is 14.2. The van der Waals surface area contributed by atoms with Crippen molar-refractivity contribution in [2.45, 2.75) is 70.2 Å². The Kier molecular flexibility index (Phi) is 3.54. The van der Waals surface area contributed by atoms with Gasteiger partial charge in [0.05, 0.1) is 30.1 Å². The summed E-state index contributed by atoms with van der Waals surface area (Å²) in [5.74, 6) is 0. The third-order valence-corrected chi connectivity index (χ3v) is 4.28. The van der Waals surface area contributed by atoms with E-state index in [9.17, 15) is 4.79 Å². The highest BCUT2D eigenvalue weighted by Gasteiger charge is 2.32. The van der Waals surface area contributed by atoms with E-state index in [0.29, 0.717) is 12.6 Å². The molecule has 0 amide bonds. The van der Waals surface area contributed by atoms with E-state index in [-0.39, 0.29) is 17.3 Å². The second-order valence-electron chi connectivity index (χ2n) is 6.57. The molecule has 20 heavy (non-hydrogen) atoms. The van der Waals surface area contributed by atoms with Crippen LogP contribution in [-0.4, -0.2) is 27.5 Å². The molecular formula is C15H23N3O2. The molecule has 1 aromatic rings. The monoisotopic (exact) mass is 277 g/mol. The highest BCUT2D eigenvalue weighted by Crippen LogP contribution is 2.29. The molecule has 2 fully saturated rings. The van der Waals surface area contributed by atoms with E-state index in [1.165, 1.54) is 23.9 Å². The fourth-order valence-electron chi connectivity index (χ4n) is 2.84. The van der Waals surface area contributed by atoms with Crippen molar-refractivity contribution in [2.24, 2.45) is 0 Å². The summed E-state index contributed by atoms with van der Waals surface area (Å²) in [4.78, 5) is 12.1. The maximum absolute atomic E-state index is 12.1. The van der Waals surface area contributed by atoms with Crippen LogP contribution in [0.1, 0.15) is 46.0 Å². The van der Waals surface area contributed by atoms with Crippen LogP contribution in [0.4, 0.5) is 5.69 Å². The van der Waals surface area contributed by atoms with Crippen molar-refractivity contribution in [1.29, 1.82) is 0 Å². The van der Waals surface area contributed by atoms with Gasteiger partial charge in [-0.25, -0.2) is 4.68 Å². The topological polar surface area (TPSA) is 56.2 Å². The van der Waals surface area contributed by atoms with E-state index in [1.54, 1.807) is 12.3 Å². The quantitative estimate of drug-likeness (QED) is 0.916. The van der Waals surface area contributed by atoms with E-state index in [4.69, 9.17) is 4.74 Å². The Morgan fingerprint density at radius 2 is 2.25 bits per heavy atom. The summed E-state index contributed by atoms with van der Waals surface area (Å²) in [6, 6.07) is 2.16. The van der Waals surface area contributed by atoms with Crippen LogP contribution in [0, 0.1) is 0 Å². The van der Waals surface area contributed by atoms with Gasteiger partial charge in [0.2, 0.25) is 0 Å². The molecule has 1 aliphatic heterocycles. The lowest BCUT2D eigenvalue weighted by Gasteiger charge is -2.27. The van der Waals surface area contributed by atoms with Crippen LogP contribution in [0.25, 0.3) is 0 Å². The molecule has 2 heterocycles. The Labute approximate surface area is 119 Å². The molecule has 3 rings (SSSR count). The van der Waals surface area contributed by atoms with Gasteiger partial charge in [-0.1, -0.05) is 0 Å². The Bertz CT molecular complexity index is 534. The smallest absolute Gasteiger partial charge is 0.268 e. The van der Waals surface area contributed by atoms with Crippen molar-refractivity contribution in [1.82, 2.24) is 9.78 Å². The van der Waals surface area contributed by atoms with Crippen LogP contribution in [0.15, 0.2) is 17.1 Å². The molecule has 1 saturated heterocycles. The van der Waals surface area contributed by atoms with Gasteiger partial charge in [-0.05, 0) is 46.0 Å². The fraction of sp³-hybridized carbons (Fsp3) is 0.733. The third-order valence-electron chi connectivity index (χ3n) is 4.28. The van der Waals surface area contributed by atoms with Gasteiger partial charge in [-0.15, -0.1) is 0 Å². The predicted octanol–water partition coefficient (Wildman–Crippen LogP) is 2.17. The number of hydrogen-bond donors (Lipinski definition) is 1. The SMILES string of the molecule is CC1(C)CCC(Cn2ncc(NC3CCC3)cc2=O)O1. The molecule has 1 atom stereocenters. The van der Waals surface area contributed by atoms with Crippen LogP contribution in [-0.2, 0) is 11.3 Å². The molecule has 110 valence electrons. The molecule has 0 spiro atoms. The lowest BCUT2D eigenvalue weighted by atomic mass is 9.93. The number of nitrogens with zero attached hydrogens (tertiary/aromatic N) is 2. The minimum absolute atomic E-state index is 0.0531. The molecule has 1 N–H and O–H groups in total. The van der Waals surface area contributed by atoms with Gasteiger partial charge in [0.15, 0.2) is 0 Å². The van der Waals surface area contributed by atoms with Crippen molar-refractivity contribution in [3.63, 3.8) is 0 Å². The van der Waals surface area contributed by atoms with Crippen molar-refractivity contribution < 1.29 is 4.74 Å². The van der Waals surface area contributed by atoms with Crippen LogP contribution >= 0.6 is 0 Å². The van der Waals surface area contributed by atoms with Crippen molar-refractivity contribution in [3.8, 4) is 0 Å². The molecule has 5 heteroatoms. The molecular weight excluding hydrogens is 254 g/mol. The average molecular weight is 277 g/mol. The van der Waals surface area contributed by atoms with Gasteiger partial charge in [0, 0.05) is 12.1 Å². The lowest BCUT2D eigenvalue weighted by Crippen LogP contribution is -2.32. The van der Waals surface area contributed by atoms with Crippen LogP contribution in [0.2, 0.25) is 0 Å². The summed E-state index contributed by atoms with van der Waals surface area (Å²) in [6.07, 6.45) is 7.52. The molecule has 2 aliphatic rings. The normalized spacial score (nSPS) is 25.4. The second-order valence-corrected chi connectivity index (χ2v) is 6.57. The van der Waals surface area contributed by atoms with E-state index in [0.717, 1.165) is 18.5 Å². The third kappa shape index (κ3) is 3.03. The van der Waals surface area contributed by atoms with Gasteiger partial charge in [0.1, 0.15) is 0 Å². The summed E-state index contributed by atoms with van der Waals surface area (Å²) in [5, 5.41) is 7.61. The number of nitrogens with one attached hydrogen (secondary N) is 1. The number of aromatic nitrogens is 2. The van der Waals surface area contributed by atoms with Crippen molar-refractivity contribution in [2.75, 3.05) is 5.32 Å². The lowest BCUT2D eigenvalue weighted by molar-refractivity contribution is -0.0235. The standard InChI is InChI=1S/C15H23N3O2/c1-15(2)7-6-13(20-15)10-18-14(19)8-12(9-16-18)17-11-4-3-5-11/h8-9,11,13,17H,3-7,10H2,1-2H3. The number of ether oxygens (including phenoxy) is 1. The Balaban J connectivity index is 1.63. The molecule has 1 saturated carbocycles. The number of hydrogen-bond acceptors (Lipinski definition) is 4. The fourth-order valence-corrected chi connectivity index (χ4v) is 2.84. The minimum atomic E-state index is -0.0695. The van der Waals surface area contributed by atoms with E-state index >= 15 is 0 Å². The maximum Gasteiger partial charge on any atom is 0.268 e. The summed E-state index contributed by atoms with van der Waals surface area (Å²) < 4.78 is 7.43. The van der Waals surface area contributed by atoms with Gasteiger partial charge >= 0.3 is 0 Å². The van der Waals surface area contributed by atoms with Gasteiger partial charge in [-0.3, -0.25) is 4.79 Å². The zero-order valence-electron chi connectivity index (χ0n) is 12.3. The summed E-state index contributed by atoms with van der Waals surface area (Å²) in [7, 11) is 0. The second kappa shape index (κ2) is 5.20. The van der Waals surface area contributed by atoms with Gasteiger partial charge in [0.25, 0.3) is 5.56 Å². The largest absolute Gasteiger partial charge is 0.381 e. The van der Waals surface area contributed by atoms with Crippen LogP contribution in [0.5, 0.6) is 0 Å². The van der Waals surface area contributed by atoms with Gasteiger partial charge in [-0.2, -0.15) is 5.10 Å². The number of anilines is 1. The maximum atomic E-state index is 12.1. The first-order chi connectivity index (χ1) is 9.52. The molecule has 0 radical (unpaired) electrons. The molecule has 5 nitrogen and oxygen atoms in total. The summed E-state index contributed by atoms with van der Waals surface area (Å²) in [6.45, 7) is 4.73. The molecule has 0 bridgehead atoms. The Morgan fingerprint density at radius 3 is 2.80 bits per heavy atom. The predicted molar refractivity (Wildman–Crippen MR) is 77.9 cm³/mol. The molecule has 1 unspecified atom stereocenters. The Morgan fingerprint density at radius 1 is 1.45 bits per heavy atom. The first-order valence-electron chi connectivity index (χ1n) is 7.53. The highest BCUT2D eigenvalue weighted by molar-refractivity contribution is 5.40. The molecule has 1 aromatic heterocycles. The van der Waals surface area contributed by atoms with Crippen LogP contribution in [0.3, 0.4) is 0 Å². The summed E-state index contributed by atoms with van der Waals surface area (Å²) >= 11 is 0. The van der Waals surface area contributed by atoms with Crippen molar-refractivity contribution >= 4 is 5.69 Å². The van der Waals surface area contributed by atoms with Gasteiger partial charge < -0.3 is 10.1 Å². The average Bonchev–Trinajstić information content (AvgIpc) is 2.67. The zero-order valence-corrected chi connectivity index (χ0v) is 12.3. The molecule has 1 aliphatic carbocycles. The highest BCUT2D eigenvalue weighted by atomic mass is 16.5. The van der Waals surface area contributed by atoms with E-state index < -0.39 is 0 Å². The van der Waals surface area contributed by atoms with E-state index in [2.05, 4.69) is 24.3 Å². The first-order valence-corrected chi connectivity index (χ1v) is 7.53. The van der Waals surface area contributed by atoms with E-state index in [1.807, 2.05) is 0 Å². The Hall–Kier alpha value is -1.36. The minimum Gasteiger partial charge on any atom is -0.381 e. The number of rotatable bonds is 4. The first kappa shape index (κ1) is 13.6. The molecule has 0 aromatic carbocycles. The van der Waals surface area contributed by atoms with Crippen molar-refractivity contribution in [3.05, 3.63) is 22.6 Å². The summed E-state index contributed by atoms with van der Waals surface area (Å²) in [5.41, 5.74) is 0.714.